The topological polar surface area (TPSA) is 89.9 Å². The first kappa shape index (κ1) is 23.0. The third-order valence-electron chi connectivity index (χ3n) is 4.51. The van der Waals surface area contributed by atoms with Crippen LogP contribution in [0.3, 0.4) is 0 Å². The predicted molar refractivity (Wildman–Crippen MR) is 118 cm³/mol. The van der Waals surface area contributed by atoms with Gasteiger partial charge in [0.05, 0.1) is 18.3 Å². The minimum Gasteiger partial charge on any atom is -0.338 e. The Morgan fingerprint density at radius 1 is 1.24 bits per heavy atom. The SMILES string of the molecule is Cc1nc([C@@H](N)C(C)C)n(CC(=O)N(C)Cc2csc(-c3ccccc3)n2)n1.Cl. The fourth-order valence-electron chi connectivity index (χ4n) is 2.81. The zero-order valence-corrected chi connectivity index (χ0v) is 18.7. The van der Waals surface area contributed by atoms with Crippen LogP contribution in [0, 0.1) is 12.8 Å². The van der Waals surface area contributed by atoms with Gasteiger partial charge in [-0.25, -0.2) is 14.6 Å². The number of hydrogen-bond acceptors (Lipinski definition) is 6. The van der Waals surface area contributed by atoms with E-state index in [0.717, 1.165) is 16.3 Å². The number of amides is 1. The van der Waals surface area contributed by atoms with Gasteiger partial charge in [-0.15, -0.1) is 23.7 Å². The highest BCUT2D eigenvalue weighted by atomic mass is 35.5. The van der Waals surface area contributed by atoms with E-state index in [1.807, 2.05) is 56.5 Å². The summed E-state index contributed by atoms with van der Waals surface area (Å²) in [5.74, 6) is 1.42. The van der Waals surface area contributed by atoms with Gasteiger partial charge >= 0.3 is 0 Å². The first-order valence-electron chi connectivity index (χ1n) is 9.26. The number of aromatic nitrogens is 4. The van der Waals surface area contributed by atoms with E-state index in [-0.39, 0.29) is 36.8 Å². The van der Waals surface area contributed by atoms with Gasteiger partial charge in [0.2, 0.25) is 5.91 Å². The quantitative estimate of drug-likeness (QED) is 0.615. The van der Waals surface area contributed by atoms with Gasteiger partial charge in [0.25, 0.3) is 0 Å². The highest BCUT2D eigenvalue weighted by Gasteiger charge is 2.21. The summed E-state index contributed by atoms with van der Waals surface area (Å²) in [6, 6.07) is 9.77. The number of aryl methyl sites for hydroxylation is 1. The van der Waals surface area contributed by atoms with Crippen molar-refractivity contribution in [3.05, 3.63) is 53.1 Å². The molecule has 2 aromatic heterocycles. The maximum atomic E-state index is 12.7. The number of nitrogens with zero attached hydrogens (tertiary/aromatic N) is 5. The number of nitrogens with two attached hydrogens (primary N) is 1. The Bertz CT molecular complexity index is 940. The Balaban J connectivity index is 0.00000300. The molecule has 29 heavy (non-hydrogen) atoms. The van der Waals surface area contributed by atoms with Crippen LogP contribution in [0.2, 0.25) is 0 Å². The molecule has 0 aliphatic carbocycles. The van der Waals surface area contributed by atoms with E-state index in [9.17, 15) is 4.79 Å². The number of rotatable bonds is 7. The van der Waals surface area contributed by atoms with Crippen LogP contribution in [0.25, 0.3) is 10.6 Å². The Kier molecular flexibility index (Phi) is 7.89. The number of hydrogen-bond donors (Lipinski definition) is 1. The van der Waals surface area contributed by atoms with Crippen molar-refractivity contribution in [3.63, 3.8) is 0 Å². The van der Waals surface area contributed by atoms with Crippen LogP contribution in [-0.2, 0) is 17.9 Å². The molecule has 0 saturated carbocycles. The molecule has 7 nitrogen and oxygen atoms in total. The summed E-state index contributed by atoms with van der Waals surface area (Å²) < 4.78 is 1.62. The summed E-state index contributed by atoms with van der Waals surface area (Å²) in [6.07, 6.45) is 0. The first-order valence-corrected chi connectivity index (χ1v) is 10.1. The van der Waals surface area contributed by atoms with Crippen molar-refractivity contribution in [2.45, 2.75) is 39.9 Å². The van der Waals surface area contributed by atoms with Crippen LogP contribution in [0.15, 0.2) is 35.7 Å². The third kappa shape index (κ3) is 5.62. The zero-order valence-electron chi connectivity index (χ0n) is 17.1. The highest BCUT2D eigenvalue weighted by molar-refractivity contribution is 7.13. The number of carbonyl (C=O) groups excluding carboxylic acids is 1. The molecule has 0 bridgehead atoms. The molecule has 2 N–H and O–H groups in total. The maximum absolute atomic E-state index is 12.7. The van der Waals surface area contributed by atoms with Gasteiger partial charge in [-0.1, -0.05) is 44.2 Å². The summed E-state index contributed by atoms with van der Waals surface area (Å²) in [7, 11) is 1.77. The second-order valence-electron chi connectivity index (χ2n) is 7.20. The molecular formula is C20H27ClN6OS. The van der Waals surface area contributed by atoms with Crippen LogP contribution >= 0.6 is 23.7 Å². The standard InChI is InChI=1S/C20H26N6OS.ClH/c1-13(2)18(21)19-22-14(3)24-26(19)11-17(27)25(4)10-16-12-28-20(23-16)15-8-6-5-7-9-15;/h5-9,12-13,18H,10-11,21H2,1-4H3;1H/t18-;/m0./s1. The van der Waals surface area contributed by atoms with E-state index in [2.05, 4.69) is 15.1 Å². The largest absolute Gasteiger partial charge is 0.338 e. The number of thiazole rings is 1. The fourth-order valence-corrected chi connectivity index (χ4v) is 3.62. The van der Waals surface area contributed by atoms with Gasteiger partial charge < -0.3 is 10.6 Å². The molecule has 0 aliphatic rings. The smallest absolute Gasteiger partial charge is 0.244 e. The lowest BCUT2D eigenvalue weighted by Gasteiger charge is -2.19. The highest BCUT2D eigenvalue weighted by Crippen LogP contribution is 2.24. The molecule has 1 atom stereocenters. The van der Waals surface area contributed by atoms with Crippen molar-refractivity contribution in [1.29, 1.82) is 0 Å². The van der Waals surface area contributed by atoms with E-state index >= 15 is 0 Å². The van der Waals surface area contributed by atoms with Gasteiger partial charge in [0, 0.05) is 18.0 Å². The normalized spacial score (nSPS) is 11.9. The van der Waals surface area contributed by atoms with Gasteiger partial charge in [-0.2, -0.15) is 5.10 Å². The van der Waals surface area contributed by atoms with E-state index in [4.69, 9.17) is 5.73 Å². The van der Waals surface area contributed by atoms with Crippen molar-refractivity contribution in [3.8, 4) is 10.6 Å². The average Bonchev–Trinajstić information content (AvgIpc) is 3.28. The van der Waals surface area contributed by atoms with E-state index < -0.39 is 0 Å². The lowest BCUT2D eigenvalue weighted by Crippen LogP contribution is -2.32. The second kappa shape index (κ2) is 9.96. The third-order valence-corrected chi connectivity index (χ3v) is 5.45. The van der Waals surface area contributed by atoms with Crippen LogP contribution in [0.4, 0.5) is 0 Å². The molecule has 1 amide bonds. The molecule has 3 aromatic rings. The number of likely N-dealkylation sites (N-methyl/N-ethyl adjacent to an activating group) is 1. The summed E-state index contributed by atoms with van der Waals surface area (Å²) in [5.41, 5.74) is 8.18. The van der Waals surface area contributed by atoms with E-state index in [0.29, 0.717) is 18.2 Å². The van der Waals surface area contributed by atoms with Crippen LogP contribution in [0.1, 0.15) is 37.2 Å². The number of benzene rings is 1. The Hall–Kier alpha value is -2.29. The number of carbonyl (C=O) groups is 1. The molecule has 0 aliphatic heterocycles. The molecule has 0 unspecified atom stereocenters. The predicted octanol–water partition coefficient (Wildman–Crippen LogP) is 3.45. The summed E-state index contributed by atoms with van der Waals surface area (Å²) >= 11 is 1.58. The molecule has 1 aromatic carbocycles. The molecule has 0 fully saturated rings. The minimum absolute atomic E-state index is 0. The van der Waals surface area contributed by atoms with Crippen molar-refractivity contribution in [2.75, 3.05) is 7.05 Å². The van der Waals surface area contributed by atoms with Crippen molar-refractivity contribution in [2.24, 2.45) is 11.7 Å². The Morgan fingerprint density at radius 2 is 1.93 bits per heavy atom. The van der Waals surface area contributed by atoms with Crippen LogP contribution in [-0.4, -0.2) is 37.6 Å². The fraction of sp³-hybridized carbons (Fsp3) is 0.400. The summed E-state index contributed by atoms with van der Waals surface area (Å²) in [4.78, 5) is 23.4. The molecule has 2 heterocycles. The van der Waals surface area contributed by atoms with Crippen LogP contribution in [0.5, 0.6) is 0 Å². The first-order chi connectivity index (χ1) is 13.3. The van der Waals surface area contributed by atoms with Gasteiger partial charge in [-0.05, 0) is 12.8 Å². The lowest BCUT2D eigenvalue weighted by atomic mass is 10.1. The van der Waals surface area contributed by atoms with Crippen molar-refractivity contribution < 1.29 is 4.79 Å². The second-order valence-corrected chi connectivity index (χ2v) is 8.06. The van der Waals surface area contributed by atoms with E-state index in [1.54, 1.807) is 28.0 Å². The molecular weight excluding hydrogens is 408 g/mol. The van der Waals surface area contributed by atoms with Crippen LogP contribution < -0.4 is 5.73 Å². The van der Waals surface area contributed by atoms with Gasteiger partial charge in [-0.3, -0.25) is 4.79 Å². The van der Waals surface area contributed by atoms with Crippen molar-refractivity contribution >= 4 is 29.7 Å². The van der Waals surface area contributed by atoms with Crippen molar-refractivity contribution in [1.82, 2.24) is 24.6 Å². The molecule has 0 saturated heterocycles. The van der Waals surface area contributed by atoms with E-state index in [1.165, 1.54) is 0 Å². The molecule has 0 spiro atoms. The summed E-state index contributed by atoms with van der Waals surface area (Å²) in [5, 5.41) is 7.30. The van der Waals surface area contributed by atoms with Gasteiger partial charge in [0.15, 0.2) is 0 Å². The lowest BCUT2D eigenvalue weighted by molar-refractivity contribution is -0.131. The minimum atomic E-state index is -0.258. The van der Waals surface area contributed by atoms with Gasteiger partial charge in [0.1, 0.15) is 23.2 Å². The molecule has 0 radical (unpaired) electrons. The average molecular weight is 435 g/mol. The molecule has 9 heteroatoms. The summed E-state index contributed by atoms with van der Waals surface area (Å²) in [6.45, 7) is 6.42. The Labute approximate surface area is 181 Å². The number of halogens is 1. The Morgan fingerprint density at radius 3 is 2.59 bits per heavy atom. The molecule has 156 valence electrons. The zero-order chi connectivity index (χ0) is 20.3. The molecule has 3 rings (SSSR count). The maximum Gasteiger partial charge on any atom is 0.244 e. The monoisotopic (exact) mass is 434 g/mol.